The predicted molar refractivity (Wildman–Crippen MR) is 67.8 cm³/mol. The Bertz CT molecular complexity index is 445. The zero-order chi connectivity index (χ0) is 12.3. The lowest BCUT2D eigenvalue weighted by Gasteiger charge is -2.10. The molecule has 1 aromatic carbocycles. The van der Waals surface area contributed by atoms with Crippen molar-refractivity contribution in [2.75, 3.05) is 6.26 Å². The molecule has 3 nitrogen and oxygen atoms in total. The maximum absolute atomic E-state index is 11.9. The molecule has 0 heterocycles. The lowest BCUT2D eigenvalue weighted by atomic mass is 10.1. The van der Waals surface area contributed by atoms with Gasteiger partial charge in [-0.05, 0) is 49.3 Å². The van der Waals surface area contributed by atoms with Crippen molar-refractivity contribution in [3.63, 3.8) is 0 Å². The molecule has 1 aliphatic rings. The fourth-order valence-corrected chi connectivity index (χ4v) is 2.06. The van der Waals surface area contributed by atoms with E-state index >= 15 is 0 Å². The predicted octanol–water partition coefficient (Wildman–Crippen LogP) is 2.44. The molecule has 0 spiro atoms. The average Bonchev–Trinajstić information content (AvgIpc) is 3.20. The van der Waals surface area contributed by atoms with Crippen molar-refractivity contribution in [2.45, 2.75) is 23.8 Å². The van der Waals surface area contributed by atoms with Crippen LogP contribution in [0.25, 0.3) is 0 Å². The van der Waals surface area contributed by atoms with Gasteiger partial charge in [0.2, 0.25) is 0 Å². The Morgan fingerprint density at radius 1 is 1.47 bits per heavy atom. The first-order valence-corrected chi connectivity index (χ1v) is 6.81. The highest BCUT2D eigenvalue weighted by Crippen LogP contribution is 2.32. The third kappa shape index (κ3) is 3.01. The van der Waals surface area contributed by atoms with E-state index in [1.807, 2.05) is 18.4 Å². The van der Waals surface area contributed by atoms with Gasteiger partial charge in [0.1, 0.15) is 6.04 Å². The first-order valence-electron chi connectivity index (χ1n) is 5.59. The van der Waals surface area contributed by atoms with Crippen molar-refractivity contribution >= 4 is 17.7 Å². The van der Waals surface area contributed by atoms with Crippen molar-refractivity contribution in [2.24, 2.45) is 5.92 Å². The third-order valence-electron chi connectivity index (χ3n) is 2.87. The summed E-state index contributed by atoms with van der Waals surface area (Å²) < 4.78 is 0. The van der Waals surface area contributed by atoms with E-state index in [1.54, 1.807) is 23.9 Å². The number of nitrogens with zero attached hydrogens (tertiary/aromatic N) is 1. The molecular formula is C13H14N2OS. The number of rotatable bonds is 4. The van der Waals surface area contributed by atoms with Crippen LogP contribution in [0.3, 0.4) is 0 Å². The molecule has 1 amide bonds. The normalized spacial score (nSPS) is 16.0. The van der Waals surface area contributed by atoms with Gasteiger partial charge in [-0.15, -0.1) is 11.8 Å². The number of hydrogen-bond acceptors (Lipinski definition) is 3. The van der Waals surface area contributed by atoms with E-state index in [4.69, 9.17) is 5.26 Å². The number of carbonyl (C=O) groups is 1. The molecular weight excluding hydrogens is 232 g/mol. The second kappa shape index (κ2) is 5.24. The molecule has 2 rings (SSSR count). The van der Waals surface area contributed by atoms with Gasteiger partial charge in [0.05, 0.1) is 6.07 Å². The second-order valence-corrected chi connectivity index (χ2v) is 5.03. The van der Waals surface area contributed by atoms with Crippen molar-refractivity contribution in [1.82, 2.24) is 5.32 Å². The van der Waals surface area contributed by atoms with Crippen LogP contribution in [-0.4, -0.2) is 18.2 Å². The maximum atomic E-state index is 11.9. The van der Waals surface area contributed by atoms with Crippen LogP contribution in [0, 0.1) is 17.2 Å². The van der Waals surface area contributed by atoms with Crippen LogP contribution in [0.4, 0.5) is 0 Å². The lowest BCUT2D eigenvalue weighted by molar-refractivity contribution is 0.0942. The van der Waals surface area contributed by atoms with E-state index < -0.39 is 0 Å². The Morgan fingerprint density at radius 3 is 2.59 bits per heavy atom. The number of nitrogens with one attached hydrogen (secondary N) is 1. The van der Waals surface area contributed by atoms with Gasteiger partial charge in [0, 0.05) is 10.5 Å². The molecule has 4 heteroatoms. The fraction of sp³-hybridized carbons (Fsp3) is 0.385. The van der Waals surface area contributed by atoms with Gasteiger partial charge in [0.15, 0.2) is 0 Å². The molecule has 0 bridgehead atoms. The van der Waals surface area contributed by atoms with E-state index in [0.717, 1.165) is 17.7 Å². The van der Waals surface area contributed by atoms with Crippen molar-refractivity contribution in [3.8, 4) is 6.07 Å². The first kappa shape index (κ1) is 12.0. The zero-order valence-electron chi connectivity index (χ0n) is 9.64. The molecule has 0 aliphatic heterocycles. The Balaban J connectivity index is 2.01. The van der Waals surface area contributed by atoms with E-state index in [-0.39, 0.29) is 11.9 Å². The number of hydrogen-bond donors (Lipinski definition) is 1. The molecule has 1 saturated carbocycles. The summed E-state index contributed by atoms with van der Waals surface area (Å²) in [6.07, 6.45) is 4.09. The molecule has 0 saturated heterocycles. The average molecular weight is 246 g/mol. The van der Waals surface area contributed by atoms with Crippen LogP contribution in [0.15, 0.2) is 29.2 Å². The fourth-order valence-electron chi connectivity index (χ4n) is 1.65. The first-order chi connectivity index (χ1) is 8.24. The minimum absolute atomic E-state index is 0.156. The van der Waals surface area contributed by atoms with Crippen LogP contribution in [-0.2, 0) is 0 Å². The van der Waals surface area contributed by atoms with E-state index in [2.05, 4.69) is 11.4 Å². The Hall–Kier alpha value is -1.47. The molecule has 88 valence electrons. The topological polar surface area (TPSA) is 52.9 Å². The molecule has 1 aromatic rings. The van der Waals surface area contributed by atoms with E-state index in [0.29, 0.717) is 11.5 Å². The van der Waals surface area contributed by atoms with Crippen LogP contribution in [0.2, 0.25) is 0 Å². The Morgan fingerprint density at radius 2 is 2.12 bits per heavy atom. The summed E-state index contributed by atoms with van der Waals surface area (Å²) in [5, 5.41) is 11.7. The van der Waals surface area contributed by atoms with Crippen LogP contribution < -0.4 is 5.32 Å². The minimum atomic E-state index is -0.331. The van der Waals surface area contributed by atoms with E-state index in [1.165, 1.54) is 0 Å². The number of nitriles is 1. The van der Waals surface area contributed by atoms with Crippen LogP contribution in [0.1, 0.15) is 23.2 Å². The van der Waals surface area contributed by atoms with Gasteiger partial charge < -0.3 is 5.32 Å². The number of carbonyl (C=O) groups excluding carboxylic acids is 1. The quantitative estimate of drug-likeness (QED) is 0.830. The number of benzene rings is 1. The zero-order valence-corrected chi connectivity index (χ0v) is 10.5. The molecule has 1 unspecified atom stereocenters. The van der Waals surface area contributed by atoms with Crippen molar-refractivity contribution < 1.29 is 4.79 Å². The summed E-state index contributed by atoms with van der Waals surface area (Å²) in [5.41, 5.74) is 0.615. The van der Waals surface area contributed by atoms with Crippen molar-refractivity contribution in [3.05, 3.63) is 29.8 Å². The van der Waals surface area contributed by atoms with Gasteiger partial charge >= 0.3 is 0 Å². The summed E-state index contributed by atoms with van der Waals surface area (Å²) in [5.74, 6) is 0.200. The molecule has 1 fully saturated rings. The van der Waals surface area contributed by atoms with Gasteiger partial charge in [-0.3, -0.25) is 4.79 Å². The summed E-state index contributed by atoms with van der Waals surface area (Å²) in [6, 6.07) is 9.24. The number of thioether (sulfide) groups is 1. The largest absolute Gasteiger partial charge is 0.336 e. The Kier molecular flexibility index (Phi) is 3.70. The molecule has 1 atom stereocenters. The summed E-state index contributed by atoms with van der Waals surface area (Å²) in [4.78, 5) is 13.0. The van der Waals surface area contributed by atoms with Crippen molar-refractivity contribution in [1.29, 1.82) is 5.26 Å². The smallest absolute Gasteiger partial charge is 0.252 e. The van der Waals surface area contributed by atoms with Crippen LogP contribution >= 0.6 is 11.8 Å². The molecule has 0 aromatic heterocycles. The van der Waals surface area contributed by atoms with Gasteiger partial charge in [0.25, 0.3) is 5.91 Å². The van der Waals surface area contributed by atoms with Gasteiger partial charge in [-0.2, -0.15) is 5.26 Å². The summed E-state index contributed by atoms with van der Waals surface area (Å²) in [7, 11) is 0. The van der Waals surface area contributed by atoms with Crippen LogP contribution in [0.5, 0.6) is 0 Å². The maximum Gasteiger partial charge on any atom is 0.252 e. The van der Waals surface area contributed by atoms with Gasteiger partial charge in [-0.25, -0.2) is 0 Å². The highest BCUT2D eigenvalue weighted by Gasteiger charge is 2.32. The SMILES string of the molecule is CSc1ccc(C(=O)NC(C#N)C2CC2)cc1. The standard InChI is InChI=1S/C13H14N2OS/c1-17-11-6-4-10(5-7-11)13(16)15-12(8-14)9-2-3-9/h4-7,9,12H,2-3H2,1H3,(H,15,16). The Labute approximate surface area is 105 Å². The highest BCUT2D eigenvalue weighted by molar-refractivity contribution is 7.98. The molecule has 0 radical (unpaired) electrons. The lowest BCUT2D eigenvalue weighted by Crippen LogP contribution is -2.35. The monoisotopic (exact) mass is 246 g/mol. The second-order valence-electron chi connectivity index (χ2n) is 4.15. The number of amides is 1. The minimum Gasteiger partial charge on any atom is -0.336 e. The molecule has 17 heavy (non-hydrogen) atoms. The summed E-state index contributed by atoms with van der Waals surface area (Å²) in [6.45, 7) is 0. The molecule has 1 N–H and O–H groups in total. The summed E-state index contributed by atoms with van der Waals surface area (Å²) >= 11 is 1.64. The van der Waals surface area contributed by atoms with Gasteiger partial charge in [-0.1, -0.05) is 0 Å². The third-order valence-corrected chi connectivity index (χ3v) is 3.61. The molecule has 1 aliphatic carbocycles. The highest BCUT2D eigenvalue weighted by atomic mass is 32.2. The van der Waals surface area contributed by atoms with E-state index in [9.17, 15) is 4.79 Å².